The molecule has 0 aliphatic heterocycles. The zero-order valence-electron chi connectivity index (χ0n) is 18.8. The van der Waals surface area contributed by atoms with E-state index in [0.29, 0.717) is 6.42 Å². The fraction of sp³-hybridized carbons (Fsp3) is 0.792. The first-order valence-electron chi connectivity index (χ1n) is 12.0. The van der Waals surface area contributed by atoms with Gasteiger partial charge in [-0.25, -0.2) is 9.97 Å². The fourth-order valence-electron chi connectivity index (χ4n) is 3.66. The molecule has 0 spiro atoms. The summed E-state index contributed by atoms with van der Waals surface area (Å²) >= 11 is 0. The zero-order chi connectivity index (χ0) is 22.8. The number of rotatable bonds is 19. The van der Waals surface area contributed by atoms with Gasteiger partial charge in [0.1, 0.15) is 5.82 Å². The van der Waals surface area contributed by atoms with E-state index in [-0.39, 0.29) is 12.8 Å². The van der Waals surface area contributed by atoms with Crippen LogP contribution in [0, 0.1) is 0 Å². The summed E-state index contributed by atoms with van der Waals surface area (Å²) in [6.45, 7) is 0. The molecule has 1 aromatic rings. The minimum atomic E-state index is -4.01. The van der Waals surface area contributed by atoms with Gasteiger partial charge in [-0.2, -0.15) is 13.2 Å². The maximum absolute atomic E-state index is 12.1. The Kier molecular flexibility index (Phi) is 15.0. The van der Waals surface area contributed by atoms with Crippen molar-refractivity contribution in [2.75, 3.05) is 0 Å². The van der Waals surface area contributed by atoms with Crippen LogP contribution in [0.3, 0.4) is 0 Å². The number of aliphatic carboxylic acids is 1. The van der Waals surface area contributed by atoms with Crippen LogP contribution in [0.1, 0.15) is 114 Å². The standard InChI is InChI=1S/C24H39F3N2O2/c25-24(26,27)19-14-10-6-2-4-8-12-16-22-28-20-18-21(29-22)15-11-7-3-1-5-9-13-17-23(30)31/h18,20H,1-17,19H2,(H,30,31). The highest BCUT2D eigenvalue weighted by molar-refractivity contribution is 5.66. The number of carboxylic acids is 1. The lowest BCUT2D eigenvalue weighted by atomic mass is 10.1. The first-order chi connectivity index (χ1) is 14.9. The highest BCUT2D eigenvalue weighted by Gasteiger charge is 2.25. The summed E-state index contributed by atoms with van der Waals surface area (Å²) in [5.41, 5.74) is 1.09. The lowest BCUT2D eigenvalue weighted by molar-refractivity contribution is -0.137. The molecule has 0 aromatic carbocycles. The molecule has 4 nitrogen and oxygen atoms in total. The average molecular weight is 445 g/mol. The van der Waals surface area contributed by atoms with Gasteiger partial charge in [-0.15, -0.1) is 0 Å². The Morgan fingerprint density at radius 1 is 0.774 bits per heavy atom. The molecule has 0 atom stereocenters. The van der Waals surface area contributed by atoms with E-state index in [2.05, 4.69) is 9.97 Å². The minimum absolute atomic E-state index is 0.247. The summed E-state index contributed by atoms with van der Waals surface area (Å²) in [7, 11) is 0. The van der Waals surface area contributed by atoms with Crippen molar-refractivity contribution in [3.8, 4) is 0 Å². The van der Waals surface area contributed by atoms with Crippen LogP contribution in [0.25, 0.3) is 0 Å². The van der Waals surface area contributed by atoms with E-state index >= 15 is 0 Å². The van der Waals surface area contributed by atoms with Crippen LogP contribution < -0.4 is 0 Å². The summed E-state index contributed by atoms with van der Waals surface area (Å²) in [5, 5.41) is 8.60. The number of unbranched alkanes of at least 4 members (excludes halogenated alkanes) is 12. The van der Waals surface area contributed by atoms with E-state index in [1.165, 1.54) is 12.8 Å². The quantitative estimate of drug-likeness (QED) is 0.225. The molecule has 0 aliphatic rings. The van der Waals surface area contributed by atoms with Gasteiger partial charge in [0.25, 0.3) is 0 Å². The number of hydrogen-bond donors (Lipinski definition) is 1. The molecule has 0 radical (unpaired) electrons. The molecule has 1 aromatic heterocycles. The van der Waals surface area contributed by atoms with Crippen LogP contribution in [0.4, 0.5) is 13.2 Å². The highest BCUT2D eigenvalue weighted by atomic mass is 19.4. The minimum Gasteiger partial charge on any atom is -0.481 e. The van der Waals surface area contributed by atoms with Crippen LogP contribution in [-0.2, 0) is 17.6 Å². The number of carbonyl (C=O) groups is 1. The molecule has 0 unspecified atom stereocenters. The second kappa shape index (κ2) is 17.0. The Morgan fingerprint density at radius 3 is 1.87 bits per heavy atom. The molecular formula is C24H39F3N2O2. The summed E-state index contributed by atoms with van der Waals surface area (Å²) in [6, 6.07) is 1.98. The topological polar surface area (TPSA) is 63.1 Å². The third-order valence-electron chi connectivity index (χ3n) is 5.45. The van der Waals surface area contributed by atoms with Gasteiger partial charge in [-0.3, -0.25) is 4.79 Å². The van der Waals surface area contributed by atoms with Crippen molar-refractivity contribution in [2.45, 2.75) is 122 Å². The van der Waals surface area contributed by atoms with E-state index in [4.69, 9.17) is 5.11 Å². The molecule has 7 heteroatoms. The smallest absolute Gasteiger partial charge is 0.389 e. The number of nitrogens with zero attached hydrogens (tertiary/aromatic N) is 2. The lowest BCUT2D eigenvalue weighted by Crippen LogP contribution is -2.06. The van der Waals surface area contributed by atoms with Gasteiger partial charge < -0.3 is 5.11 Å². The number of halogens is 3. The summed E-state index contributed by atoms with van der Waals surface area (Å²) in [6.07, 6.45) is 12.7. The van der Waals surface area contributed by atoms with E-state index in [1.54, 1.807) is 0 Å². The SMILES string of the molecule is O=C(O)CCCCCCCCCc1ccnc(CCCCCCCCCC(F)(F)F)n1. The third-order valence-corrected chi connectivity index (χ3v) is 5.45. The first-order valence-corrected chi connectivity index (χ1v) is 12.0. The van der Waals surface area contributed by atoms with E-state index < -0.39 is 18.6 Å². The summed E-state index contributed by atoms with van der Waals surface area (Å²) in [5.74, 6) is 0.184. The monoisotopic (exact) mass is 444 g/mol. The largest absolute Gasteiger partial charge is 0.481 e. The lowest BCUT2D eigenvalue weighted by Gasteiger charge is -2.06. The third kappa shape index (κ3) is 17.7. The van der Waals surface area contributed by atoms with Crippen LogP contribution in [-0.4, -0.2) is 27.2 Å². The van der Waals surface area contributed by atoms with E-state index in [1.807, 2.05) is 12.3 Å². The maximum atomic E-state index is 12.1. The van der Waals surface area contributed by atoms with Crippen LogP contribution in [0.5, 0.6) is 0 Å². The Hall–Kier alpha value is -1.66. The van der Waals surface area contributed by atoms with Gasteiger partial charge in [0.2, 0.25) is 0 Å². The molecule has 31 heavy (non-hydrogen) atoms. The molecule has 0 bridgehead atoms. The molecule has 1 N–H and O–H groups in total. The number of aromatic nitrogens is 2. The van der Waals surface area contributed by atoms with Crippen LogP contribution >= 0.6 is 0 Å². The second-order valence-corrected chi connectivity index (χ2v) is 8.42. The van der Waals surface area contributed by atoms with Gasteiger partial charge in [0.15, 0.2) is 0 Å². The molecule has 1 rings (SSSR count). The number of alkyl halides is 3. The van der Waals surface area contributed by atoms with Crippen molar-refractivity contribution in [1.82, 2.24) is 9.97 Å². The van der Waals surface area contributed by atoms with Gasteiger partial charge in [-0.05, 0) is 38.2 Å². The Balaban J connectivity index is 2.00. The number of aryl methyl sites for hydroxylation is 2. The fourth-order valence-corrected chi connectivity index (χ4v) is 3.66. The number of carboxylic acid groups (broad SMARTS) is 1. The molecule has 0 fully saturated rings. The van der Waals surface area contributed by atoms with Crippen LogP contribution in [0.15, 0.2) is 12.3 Å². The molecular weight excluding hydrogens is 405 g/mol. The second-order valence-electron chi connectivity index (χ2n) is 8.42. The normalized spacial score (nSPS) is 11.7. The van der Waals surface area contributed by atoms with Gasteiger partial charge in [0.05, 0.1) is 0 Å². The van der Waals surface area contributed by atoms with Crippen molar-refractivity contribution in [2.24, 2.45) is 0 Å². The first kappa shape index (κ1) is 27.4. The maximum Gasteiger partial charge on any atom is 0.389 e. The predicted molar refractivity (Wildman–Crippen MR) is 117 cm³/mol. The summed E-state index contributed by atoms with van der Waals surface area (Å²) < 4.78 is 36.2. The average Bonchev–Trinajstić information content (AvgIpc) is 2.70. The van der Waals surface area contributed by atoms with Gasteiger partial charge in [-0.1, -0.05) is 64.2 Å². The molecule has 1 heterocycles. The van der Waals surface area contributed by atoms with E-state index in [0.717, 1.165) is 88.6 Å². The van der Waals surface area contributed by atoms with Crippen molar-refractivity contribution in [3.63, 3.8) is 0 Å². The molecule has 0 saturated carbocycles. The van der Waals surface area contributed by atoms with Crippen molar-refractivity contribution in [3.05, 3.63) is 23.8 Å². The summed E-state index contributed by atoms with van der Waals surface area (Å²) in [4.78, 5) is 19.5. The highest BCUT2D eigenvalue weighted by Crippen LogP contribution is 2.23. The Bertz CT molecular complexity index is 594. The van der Waals surface area contributed by atoms with Crippen molar-refractivity contribution >= 4 is 5.97 Å². The molecule has 0 aliphatic carbocycles. The van der Waals surface area contributed by atoms with Crippen LogP contribution in [0.2, 0.25) is 0 Å². The van der Waals surface area contributed by atoms with Gasteiger partial charge in [0, 0.05) is 31.2 Å². The van der Waals surface area contributed by atoms with E-state index in [9.17, 15) is 18.0 Å². The molecule has 0 saturated heterocycles. The Morgan fingerprint density at radius 2 is 1.29 bits per heavy atom. The van der Waals surface area contributed by atoms with Crippen molar-refractivity contribution in [1.29, 1.82) is 0 Å². The molecule has 0 amide bonds. The van der Waals surface area contributed by atoms with Crippen molar-refractivity contribution < 1.29 is 23.1 Å². The zero-order valence-corrected chi connectivity index (χ0v) is 18.8. The van der Waals surface area contributed by atoms with Gasteiger partial charge >= 0.3 is 12.1 Å². The Labute approximate surface area is 185 Å². The predicted octanol–water partition coefficient (Wildman–Crippen LogP) is 7.45. The molecule has 178 valence electrons. The number of hydrogen-bond acceptors (Lipinski definition) is 3.